The predicted molar refractivity (Wildman–Crippen MR) is 147 cm³/mol. The van der Waals surface area contributed by atoms with E-state index < -0.39 is 35.5 Å². The second kappa shape index (κ2) is 12.5. The van der Waals surface area contributed by atoms with Crippen LogP contribution in [0.3, 0.4) is 0 Å². The van der Waals surface area contributed by atoms with Crippen molar-refractivity contribution in [1.82, 2.24) is 4.98 Å². The van der Waals surface area contributed by atoms with Gasteiger partial charge in [-0.15, -0.1) is 6.58 Å². The molecule has 0 unspecified atom stereocenters. The molecule has 3 atom stereocenters. The normalized spacial score (nSPS) is 14.3. The van der Waals surface area contributed by atoms with Crippen LogP contribution in [-0.4, -0.2) is 36.0 Å². The van der Waals surface area contributed by atoms with Crippen molar-refractivity contribution in [2.45, 2.75) is 23.9 Å². The third kappa shape index (κ3) is 5.87. The second-order valence-electron chi connectivity index (χ2n) is 8.77. The SMILES string of the molecule is C=C[C@@H](N=C(c1ccccc1)c1ccccc1)[C@@H](OC(=O)[C@](OC)(c1ccccc1)C(F)(F)F)c1ccccn1. The number of rotatable bonds is 10. The van der Waals surface area contributed by atoms with Crippen LogP contribution in [0.2, 0.25) is 0 Å². The highest BCUT2D eigenvalue weighted by Crippen LogP contribution is 2.44. The molecule has 4 aromatic rings. The molecule has 0 spiro atoms. The molecule has 0 saturated carbocycles. The van der Waals surface area contributed by atoms with Crippen molar-refractivity contribution in [3.63, 3.8) is 0 Å². The first-order valence-electron chi connectivity index (χ1n) is 12.4. The molecule has 8 heteroatoms. The first kappa shape index (κ1) is 28.4. The molecule has 5 nitrogen and oxygen atoms in total. The number of alkyl halides is 3. The number of pyridine rings is 1. The number of hydrogen-bond acceptors (Lipinski definition) is 5. The lowest BCUT2D eigenvalue weighted by molar-refractivity contribution is -0.278. The molecule has 4 rings (SSSR count). The largest absolute Gasteiger partial charge is 0.451 e. The van der Waals surface area contributed by atoms with Gasteiger partial charge in [0, 0.05) is 30.0 Å². The van der Waals surface area contributed by atoms with Gasteiger partial charge in [-0.1, -0.05) is 103 Å². The Labute approximate surface area is 230 Å². The van der Waals surface area contributed by atoms with E-state index in [0.29, 0.717) is 5.71 Å². The van der Waals surface area contributed by atoms with Gasteiger partial charge in [-0.2, -0.15) is 13.2 Å². The highest BCUT2D eigenvalue weighted by atomic mass is 19.4. The van der Waals surface area contributed by atoms with Crippen LogP contribution < -0.4 is 0 Å². The number of esters is 1. The van der Waals surface area contributed by atoms with Crippen LogP contribution in [0.5, 0.6) is 0 Å². The van der Waals surface area contributed by atoms with Crippen LogP contribution >= 0.6 is 0 Å². The van der Waals surface area contributed by atoms with Crippen LogP contribution in [0, 0.1) is 0 Å². The summed E-state index contributed by atoms with van der Waals surface area (Å²) in [4.78, 5) is 22.7. The van der Waals surface area contributed by atoms with Crippen LogP contribution in [0.4, 0.5) is 13.2 Å². The maximum Gasteiger partial charge on any atom is 0.432 e. The van der Waals surface area contributed by atoms with E-state index in [2.05, 4.69) is 11.6 Å². The van der Waals surface area contributed by atoms with Crippen LogP contribution in [0.15, 0.2) is 133 Å². The van der Waals surface area contributed by atoms with Gasteiger partial charge in [0.15, 0.2) is 6.10 Å². The first-order chi connectivity index (χ1) is 19.3. The minimum Gasteiger partial charge on any atom is -0.451 e. The van der Waals surface area contributed by atoms with Crippen molar-refractivity contribution >= 4 is 11.7 Å². The highest BCUT2D eigenvalue weighted by Gasteiger charge is 2.64. The summed E-state index contributed by atoms with van der Waals surface area (Å²) in [5.74, 6) is -1.65. The number of nitrogens with zero attached hydrogens (tertiary/aromatic N) is 2. The van der Waals surface area contributed by atoms with Crippen LogP contribution in [0.1, 0.15) is 28.5 Å². The molecule has 0 aliphatic carbocycles. The standard InChI is InChI=1S/C32H27F3N2O3/c1-3-26(37-28(23-15-7-4-8-16-23)24-17-9-5-10-18-24)29(27-21-13-14-22-36-27)40-30(38)31(39-2,32(33,34)35)25-19-11-6-12-20-25/h3-22,26,29H,1H2,2H3/t26-,29-,31-/m1/s1. The number of aromatic nitrogens is 1. The molecule has 0 amide bonds. The Balaban J connectivity index is 1.85. The Morgan fingerprint density at radius 3 is 1.82 bits per heavy atom. The van der Waals surface area contributed by atoms with E-state index in [4.69, 9.17) is 14.5 Å². The van der Waals surface area contributed by atoms with Crippen molar-refractivity contribution in [2.24, 2.45) is 4.99 Å². The third-order valence-electron chi connectivity index (χ3n) is 6.31. The lowest BCUT2D eigenvalue weighted by Gasteiger charge is -2.34. The van der Waals surface area contributed by atoms with Crippen molar-refractivity contribution in [2.75, 3.05) is 7.11 Å². The van der Waals surface area contributed by atoms with Gasteiger partial charge in [-0.3, -0.25) is 9.98 Å². The summed E-state index contributed by atoms with van der Waals surface area (Å²) in [7, 11) is 0.823. The Bertz CT molecular complexity index is 1390. The van der Waals surface area contributed by atoms with Gasteiger partial charge < -0.3 is 9.47 Å². The maximum atomic E-state index is 14.6. The lowest BCUT2D eigenvalue weighted by atomic mass is 9.92. The average molecular weight is 545 g/mol. The minimum absolute atomic E-state index is 0.199. The number of carbonyl (C=O) groups is 1. The molecule has 0 N–H and O–H groups in total. The fourth-order valence-electron chi connectivity index (χ4n) is 4.34. The summed E-state index contributed by atoms with van der Waals surface area (Å²) in [5, 5.41) is 0. The number of hydrogen-bond donors (Lipinski definition) is 0. The lowest BCUT2D eigenvalue weighted by Crippen LogP contribution is -2.52. The minimum atomic E-state index is -5.14. The number of aliphatic imine (C=N–C) groups is 1. The monoisotopic (exact) mass is 544 g/mol. The van der Waals surface area contributed by atoms with Crippen molar-refractivity contribution in [3.8, 4) is 0 Å². The number of carbonyl (C=O) groups excluding carboxylic acids is 1. The van der Waals surface area contributed by atoms with Gasteiger partial charge in [0.1, 0.15) is 6.04 Å². The summed E-state index contributed by atoms with van der Waals surface area (Å²) >= 11 is 0. The molecule has 0 bridgehead atoms. The van der Waals surface area contributed by atoms with E-state index in [0.717, 1.165) is 18.2 Å². The van der Waals surface area contributed by atoms with Gasteiger partial charge >= 0.3 is 12.1 Å². The zero-order chi connectivity index (χ0) is 28.6. The Hall–Kier alpha value is -4.56. The molecule has 0 saturated heterocycles. The van der Waals surface area contributed by atoms with E-state index in [1.165, 1.54) is 36.5 Å². The third-order valence-corrected chi connectivity index (χ3v) is 6.31. The molecule has 40 heavy (non-hydrogen) atoms. The van der Waals surface area contributed by atoms with E-state index in [1.807, 2.05) is 60.7 Å². The summed E-state index contributed by atoms with van der Waals surface area (Å²) in [5.41, 5.74) is -1.53. The fraction of sp³-hybridized carbons (Fsp3) is 0.156. The van der Waals surface area contributed by atoms with Crippen LogP contribution in [-0.2, 0) is 19.9 Å². The first-order valence-corrected chi connectivity index (χ1v) is 12.4. The molecule has 0 aliphatic rings. The summed E-state index contributed by atoms with van der Waals surface area (Å²) < 4.78 is 54.4. The average Bonchev–Trinajstić information content (AvgIpc) is 2.99. The number of halogens is 3. The van der Waals surface area contributed by atoms with Gasteiger partial charge in [0.25, 0.3) is 5.60 Å². The Kier molecular flexibility index (Phi) is 8.91. The quantitative estimate of drug-likeness (QED) is 0.124. The smallest absolute Gasteiger partial charge is 0.432 e. The topological polar surface area (TPSA) is 60.8 Å². The number of benzene rings is 3. The van der Waals surface area contributed by atoms with Crippen molar-refractivity contribution in [3.05, 3.63) is 150 Å². The van der Waals surface area contributed by atoms with E-state index in [9.17, 15) is 18.0 Å². The molecule has 0 radical (unpaired) electrons. The predicted octanol–water partition coefficient (Wildman–Crippen LogP) is 6.86. The fourth-order valence-corrected chi connectivity index (χ4v) is 4.34. The zero-order valence-corrected chi connectivity index (χ0v) is 21.7. The molecular formula is C32H27F3N2O3. The molecule has 204 valence electrons. The Morgan fingerprint density at radius 2 is 1.38 bits per heavy atom. The van der Waals surface area contributed by atoms with Crippen molar-refractivity contribution < 1.29 is 27.4 Å². The van der Waals surface area contributed by atoms with E-state index in [1.54, 1.807) is 24.3 Å². The molecule has 3 aromatic carbocycles. The molecule has 1 heterocycles. The second-order valence-corrected chi connectivity index (χ2v) is 8.77. The molecule has 1 aromatic heterocycles. The zero-order valence-electron chi connectivity index (χ0n) is 21.7. The summed E-state index contributed by atoms with van der Waals surface area (Å²) in [6.07, 6.45) is -3.61. The van der Waals surface area contributed by atoms with Gasteiger partial charge in [0.2, 0.25) is 0 Å². The maximum absolute atomic E-state index is 14.6. The van der Waals surface area contributed by atoms with Gasteiger partial charge in [-0.25, -0.2) is 4.79 Å². The summed E-state index contributed by atoms with van der Waals surface area (Å²) in [6.45, 7) is 3.86. The van der Waals surface area contributed by atoms with E-state index in [-0.39, 0.29) is 5.69 Å². The number of ether oxygens (including phenoxy) is 2. The summed E-state index contributed by atoms with van der Waals surface area (Å²) in [6, 6.07) is 29.1. The van der Waals surface area contributed by atoms with Crippen molar-refractivity contribution in [1.29, 1.82) is 0 Å². The van der Waals surface area contributed by atoms with Gasteiger partial charge in [-0.05, 0) is 12.1 Å². The highest BCUT2D eigenvalue weighted by molar-refractivity contribution is 6.13. The molecule has 0 fully saturated rings. The molecular weight excluding hydrogens is 517 g/mol. The number of methoxy groups -OCH3 is 1. The molecule has 0 aliphatic heterocycles. The van der Waals surface area contributed by atoms with E-state index >= 15 is 0 Å². The van der Waals surface area contributed by atoms with Gasteiger partial charge in [0.05, 0.1) is 11.4 Å². The Morgan fingerprint density at radius 1 is 0.850 bits per heavy atom. The van der Waals surface area contributed by atoms with Crippen LogP contribution in [0.25, 0.3) is 0 Å².